The zero-order valence-electron chi connectivity index (χ0n) is 12.1. The van der Waals surface area contributed by atoms with E-state index in [4.69, 9.17) is 4.74 Å². The smallest absolute Gasteiger partial charge is 0.307 e. The number of hydrogen-bond acceptors (Lipinski definition) is 3. The lowest BCUT2D eigenvalue weighted by Gasteiger charge is -2.20. The molecule has 0 saturated heterocycles. The molecule has 0 unspecified atom stereocenters. The molecule has 4 heteroatoms. The van der Waals surface area contributed by atoms with Gasteiger partial charge >= 0.3 is 5.97 Å². The number of rotatable bonds is 8. The second-order valence-corrected chi connectivity index (χ2v) is 5.30. The Morgan fingerprint density at radius 3 is 2.58 bits per heavy atom. The third-order valence-electron chi connectivity index (χ3n) is 3.62. The second kappa shape index (κ2) is 9.82. The van der Waals surface area contributed by atoms with E-state index in [2.05, 4.69) is 12.2 Å². The zero-order chi connectivity index (χ0) is 13.9. The van der Waals surface area contributed by atoms with Crippen molar-refractivity contribution in [3.05, 3.63) is 0 Å². The third-order valence-corrected chi connectivity index (χ3v) is 3.62. The molecule has 110 valence electrons. The number of carbonyl (C=O) groups is 2. The molecule has 19 heavy (non-hydrogen) atoms. The first-order chi connectivity index (χ1) is 9.24. The van der Waals surface area contributed by atoms with Crippen molar-refractivity contribution in [1.29, 1.82) is 0 Å². The van der Waals surface area contributed by atoms with Gasteiger partial charge in [0.25, 0.3) is 0 Å². The Balaban J connectivity index is 2.02. The Morgan fingerprint density at radius 2 is 1.89 bits per heavy atom. The molecule has 1 amide bonds. The van der Waals surface area contributed by atoms with E-state index in [9.17, 15) is 9.59 Å². The van der Waals surface area contributed by atoms with Crippen LogP contribution in [0.3, 0.4) is 0 Å². The van der Waals surface area contributed by atoms with Gasteiger partial charge in [0.05, 0.1) is 13.0 Å². The molecule has 1 fully saturated rings. The predicted molar refractivity (Wildman–Crippen MR) is 74.7 cm³/mol. The number of amides is 1. The van der Waals surface area contributed by atoms with Crippen molar-refractivity contribution in [2.75, 3.05) is 13.2 Å². The third kappa shape index (κ3) is 7.19. The molecule has 0 aromatic carbocycles. The van der Waals surface area contributed by atoms with Crippen LogP contribution in [0.25, 0.3) is 0 Å². The number of esters is 1. The van der Waals surface area contributed by atoms with Gasteiger partial charge in [0.2, 0.25) is 5.91 Å². The molecule has 0 aromatic heterocycles. The van der Waals surface area contributed by atoms with Crippen molar-refractivity contribution in [2.45, 2.75) is 64.7 Å². The summed E-state index contributed by atoms with van der Waals surface area (Å²) >= 11 is 0. The summed E-state index contributed by atoms with van der Waals surface area (Å²) in [6.45, 7) is 3.02. The summed E-state index contributed by atoms with van der Waals surface area (Å²) in [5, 5.41) is 2.85. The average Bonchev–Trinajstić information content (AvgIpc) is 2.44. The van der Waals surface area contributed by atoms with Crippen molar-refractivity contribution < 1.29 is 14.3 Å². The van der Waals surface area contributed by atoms with Gasteiger partial charge in [-0.3, -0.25) is 9.59 Å². The maximum atomic E-state index is 11.8. The van der Waals surface area contributed by atoms with Gasteiger partial charge in [0, 0.05) is 12.5 Å². The minimum absolute atomic E-state index is 0.110. The normalized spacial score (nSPS) is 16.1. The Bertz CT molecular complexity index is 273. The van der Waals surface area contributed by atoms with Crippen molar-refractivity contribution in [2.24, 2.45) is 5.92 Å². The van der Waals surface area contributed by atoms with Crippen LogP contribution in [0.1, 0.15) is 64.7 Å². The molecule has 1 aliphatic carbocycles. The van der Waals surface area contributed by atoms with Crippen molar-refractivity contribution in [3.63, 3.8) is 0 Å². The Hall–Kier alpha value is -1.06. The maximum absolute atomic E-state index is 11.8. The maximum Gasteiger partial charge on any atom is 0.307 e. The summed E-state index contributed by atoms with van der Waals surface area (Å²) in [5.41, 5.74) is 0. The van der Waals surface area contributed by atoms with Crippen LogP contribution in [0.15, 0.2) is 0 Å². The van der Waals surface area contributed by atoms with Crippen LogP contribution in [0.5, 0.6) is 0 Å². The number of nitrogens with one attached hydrogen (secondary N) is 1. The fraction of sp³-hybridized carbons (Fsp3) is 0.867. The Morgan fingerprint density at radius 1 is 1.16 bits per heavy atom. The number of unbranched alkanes of at least 4 members (excludes halogenated alkanes) is 2. The van der Waals surface area contributed by atoms with Crippen molar-refractivity contribution in [1.82, 2.24) is 5.32 Å². The fourth-order valence-electron chi connectivity index (χ4n) is 2.41. The van der Waals surface area contributed by atoms with Crippen LogP contribution in [0, 0.1) is 5.92 Å². The first kappa shape index (κ1) is 16.0. The van der Waals surface area contributed by atoms with E-state index >= 15 is 0 Å². The van der Waals surface area contributed by atoms with Gasteiger partial charge in [-0.05, 0) is 19.3 Å². The summed E-state index contributed by atoms with van der Waals surface area (Å²) in [7, 11) is 0. The number of hydrogen-bond donors (Lipinski definition) is 1. The standard InChI is InChI=1S/C15H27NO3/c1-2-3-7-12-19-14(17)10-11-16-15(18)13-8-5-4-6-9-13/h13H,2-12H2,1H3,(H,16,18). The molecule has 1 saturated carbocycles. The van der Waals surface area contributed by atoms with Crippen LogP contribution in [-0.4, -0.2) is 25.0 Å². The topological polar surface area (TPSA) is 55.4 Å². The largest absolute Gasteiger partial charge is 0.466 e. The predicted octanol–water partition coefficient (Wildman–Crippen LogP) is 2.81. The van der Waals surface area contributed by atoms with Crippen molar-refractivity contribution in [3.8, 4) is 0 Å². The average molecular weight is 269 g/mol. The molecule has 0 spiro atoms. The molecule has 0 aromatic rings. The summed E-state index contributed by atoms with van der Waals surface area (Å²) in [6, 6.07) is 0. The molecule has 0 bridgehead atoms. The number of carbonyl (C=O) groups excluding carboxylic acids is 2. The van der Waals surface area contributed by atoms with Gasteiger partial charge in [-0.2, -0.15) is 0 Å². The molecule has 0 atom stereocenters. The Kier molecular flexibility index (Phi) is 8.26. The summed E-state index contributed by atoms with van der Waals surface area (Å²) < 4.78 is 5.08. The highest BCUT2D eigenvalue weighted by atomic mass is 16.5. The lowest BCUT2D eigenvalue weighted by atomic mass is 9.89. The van der Waals surface area contributed by atoms with Crippen LogP contribution < -0.4 is 5.32 Å². The molecule has 1 rings (SSSR count). The lowest BCUT2D eigenvalue weighted by molar-refractivity contribution is -0.143. The van der Waals surface area contributed by atoms with Gasteiger partial charge in [-0.15, -0.1) is 0 Å². The highest BCUT2D eigenvalue weighted by molar-refractivity contribution is 5.79. The molecule has 0 aliphatic heterocycles. The zero-order valence-corrected chi connectivity index (χ0v) is 12.1. The van der Waals surface area contributed by atoms with Gasteiger partial charge in [0.15, 0.2) is 0 Å². The van der Waals surface area contributed by atoms with Crippen LogP contribution in [0.2, 0.25) is 0 Å². The first-order valence-electron chi connectivity index (χ1n) is 7.67. The van der Waals surface area contributed by atoms with E-state index in [0.717, 1.165) is 44.9 Å². The molecular weight excluding hydrogens is 242 g/mol. The minimum atomic E-state index is -0.208. The van der Waals surface area contributed by atoms with Gasteiger partial charge in [-0.1, -0.05) is 39.0 Å². The summed E-state index contributed by atoms with van der Waals surface area (Å²) in [6.07, 6.45) is 8.95. The Labute approximate surface area is 116 Å². The van der Waals surface area contributed by atoms with E-state index in [0.29, 0.717) is 13.2 Å². The van der Waals surface area contributed by atoms with Crippen LogP contribution in [-0.2, 0) is 14.3 Å². The highest BCUT2D eigenvalue weighted by Gasteiger charge is 2.20. The van der Waals surface area contributed by atoms with Gasteiger partial charge in [0.1, 0.15) is 0 Å². The van der Waals surface area contributed by atoms with E-state index in [-0.39, 0.29) is 24.2 Å². The highest BCUT2D eigenvalue weighted by Crippen LogP contribution is 2.23. The van der Waals surface area contributed by atoms with Gasteiger partial charge in [-0.25, -0.2) is 0 Å². The lowest BCUT2D eigenvalue weighted by Crippen LogP contribution is -2.33. The van der Waals surface area contributed by atoms with Gasteiger partial charge < -0.3 is 10.1 Å². The SMILES string of the molecule is CCCCCOC(=O)CCNC(=O)C1CCCCC1. The molecule has 1 aliphatic rings. The van der Waals surface area contributed by atoms with E-state index in [1.165, 1.54) is 6.42 Å². The minimum Gasteiger partial charge on any atom is -0.466 e. The first-order valence-corrected chi connectivity index (χ1v) is 7.67. The van der Waals surface area contributed by atoms with Crippen LogP contribution >= 0.6 is 0 Å². The van der Waals surface area contributed by atoms with E-state index in [1.807, 2.05) is 0 Å². The van der Waals surface area contributed by atoms with Crippen molar-refractivity contribution >= 4 is 11.9 Å². The monoisotopic (exact) mass is 269 g/mol. The summed E-state index contributed by atoms with van der Waals surface area (Å²) in [4.78, 5) is 23.2. The quantitative estimate of drug-likeness (QED) is 0.544. The molecule has 0 radical (unpaired) electrons. The van der Waals surface area contributed by atoms with E-state index < -0.39 is 0 Å². The molecule has 4 nitrogen and oxygen atoms in total. The summed E-state index contributed by atoms with van der Waals surface area (Å²) in [5.74, 6) is 0.0628. The van der Waals surface area contributed by atoms with Crippen LogP contribution in [0.4, 0.5) is 0 Å². The fourth-order valence-corrected chi connectivity index (χ4v) is 2.41. The van der Waals surface area contributed by atoms with E-state index in [1.54, 1.807) is 0 Å². The number of ether oxygens (including phenoxy) is 1. The second-order valence-electron chi connectivity index (χ2n) is 5.30. The molecule has 1 N–H and O–H groups in total. The molecular formula is C15H27NO3. The molecule has 0 heterocycles.